The van der Waals surface area contributed by atoms with Gasteiger partial charge < -0.3 is 9.47 Å². The van der Waals surface area contributed by atoms with E-state index >= 15 is 0 Å². The Kier molecular flexibility index (Phi) is 6.20. The summed E-state index contributed by atoms with van der Waals surface area (Å²) in [6, 6.07) is 6.87. The first-order valence-corrected chi connectivity index (χ1v) is 8.25. The Hall–Kier alpha value is -2.30. The van der Waals surface area contributed by atoms with E-state index < -0.39 is 17.1 Å². The first kappa shape index (κ1) is 17.1. The van der Waals surface area contributed by atoms with Crippen LogP contribution in [-0.2, 0) is 20.7 Å². The number of ether oxygens (including phenoxy) is 2. The number of hydrogen-bond donors (Lipinski definition) is 2. The van der Waals surface area contributed by atoms with Gasteiger partial charge in [0.05, 0.1) is 18.9 Å². The Morgan fingerprint density at radius 2 is 2.17 bits per heavy atom. The second kappa shape index (κ2) is 8.36. The van der Waals surface area contributed by atoms with Crippen LogP contribution in [0.4, 0.5) is 0 Å². The van der Waals surface area contributed by atoms with Gasteiger partial charge in [0, 0.05) is 17.1 Å². The average Bonchev–Trinajstić information content (AvgIpc) is 3.06. The molecular formula is C13H14N4O4S2. The van der Waals surface area contributed by atoms with E-state index in [4.69, 9.17) is 9.47 Å². The summed E-state index contributed by atoms with van der Waals surface area (Å²) in [7, 11) is 2.87. The summed E-state index contributed by atoms with van der Waals surface area (Å²) >= 11 is -0.619. The molecule has 122 valence electrons. The SMILES string of the molecule is CNS(=O)NC(=O)/C(=C/OC)c1ccccc1Oc1ncns1. The van der Waals surface area contributed by atoms with Crippen LogP contribution < -0.4 is 14.2 Å². The van der Waals surface area contributed by atoms with E-state index in [9.17, 15) is 9.00 Å². The topological polar surface area (TPSA) is 102 Å². The van der Waals surface area contributed by atoms with Crippen LogP contribution in [-0.4, -0.2) is 33.6 Å². The monoisotopic (exact) mass is 354 g/mol. The minimum absolute atomic E-state index is 0.163. The molecule has 1 aromatic heterocycles. The highest BCUT2D eigenvalue weighted by molar-refractivity contribution is 7.81. The normalized spacial score (nSPS) is 12.5. The van der Waals surface area contributed by atoms with Crippen molar-refractivity contribution in [2.45, 2.75) is 0 Å². The molecule has 0 bridgehead atoms. The van der Waals surface area contributed by atoms with Gasteiger partial charge in [-0.1, -0.05) is 18.2 Å². The number of amides is 1. The summed E-state index contributed by atoms with van der Waals surface area (Å²) in [5.74, 6) is -0.175. The van der Waals surface area contributed by atoms with Crippen LogP contribution in [0.1, 0.15) is 5.56 Å². The van der Waals surface area contributed by atoms with E-state index in [1.807, 2.05) is 0 Å². The number of nitrogens with zero attached hydrogens (tertiary/aromatic N) is 2. The van der Waals surface area contributed by atoms with Crippen molar-refractivity contribution in [2.24, 2.45) is 0 Å². The maximum atomic E-state index is 12.3. The molecule has 1 heterocycles. The Morgan fingerprint density at radius 3 is 2.83 bits per heavy atom. The molecule has 2 rings (SSSR count). The van der Waals surface area contributed by atoms with Gasteiger partial charge in [0.15, 0.2) is 11.2 Å². The molecule has 0 saturated heterocycles. The fourth-order valence-electron chi connectivity index (χ4n) is 1.63. The maximum absolute atomic E-state index is 12.3. The molecule has 23 heavy (non-hydrogen) atoms. The fourth-order valence-corrected chi connectivity index (χ4v) is 2.41. The summed E-state index contributed by atoms with van der Waals surface area (Å²) in [5, 5.41) is 0.341. The van der Waals surface area contributed by atoms with Gasteiger partial charge in [0.2, 0.25) is 0 Å². The summed E-state index contributed by atoms with van der Waals surface area (Å²) in [5.41, 5.74) is 0.631. The molecule has 0 aliphatic rings. The van der Waals surface area contributed by atoms with E-state index in [0.717, 1.165) is 11.5 Å². The van der Waals surface area contributed by atoms with Crippen LogP contribution in [0.2, 0.25) is 0 Å². The molecule has 0 fully saturated rings. The second-order valence-electron chi connectivity index (χ2n) is 3.98. The van der Waals surface area contributed by atoms with Gasteiger partial charge in [0.25, 0.3) is 11.1 Å². The third-order valence-corrected chi connectivity index (χ3v) is 3.85. The van der Waals surface area contributed by atoms with Crippen molar-refractivity contribution in [1.82, 2.24) is 18.8 Å². The lowest BCUT2D eigenvalue weighted by atomic mass is 10.1. The lowest BCUT2D eigenvalue weighted by molar-refractivity contribution is -0.114. The Bertz CT molecular complexity index is 719. The van der Waals surface area contributed by atoms with Crippen molar-refractivity contribution >= 4 is 34.2 Å². The molecule has 2 aromatic rings. The number of methoxy groups -OCH3 is 1. The van der Waals surface area contributed by atoms with E-state index in [1.165, 1.54) is 26.7 Å². The Morgan fingerprint density at radius 1 is 1.39 bits per heavy atom. The molecule has 8 nitrogen and oxygen atoms in total. The first-order chi connectivity index (χ1) is 11.2. The minimum Gasteiger partial charge on any atom is -0.504 e. The first-order valence-electron chi connectivity index (χ1n) is 6.32. The summed E-state index contributed by atoms with van der Waals surface area (Å²) < 4.78 is 30.6. The number of benzene rings is 1. The number of rotatable bonds is 7. The Labute approximate surface area is 139 Å². The van der Waals surface area contributed by atoms with Crippen LogP contribution in [0.3, 0.4) is 0 Å². The van der Waals surface area contributed by atoms with Crippen LogP contribution in [0.5, 0.6) is 10.9 Å². The average molecular weight is 354 g/mol. The summed E-state index contributed by atoms with van der Waals surface area (Å²) in [6.07, 6.45) is 2.63. The predicted octanol–water partition coefficient (Wildman–Crippen LogP) is 1.23. The van der Waals surface area contributed by atoms with Crippen molar-refractivity contribution in [3.63, 3.8) is 0 Å². The van der Waals surface area contributed by atoms with Gasteiger partial charge in [0.1, 0.15) is 12.1 Å². The number of hydrogen-bond acceptors (Lipinski definition) is 7. The molecule has 0 spiro atoms. The minimum atomic E-state index is -1.70. The number of carbonyl (C=O) groups excluding carboxylic acids is 1. The second-order valence-corrected chi connectivity index (χ2v) is 5.87. The molecule has 2 N–H and O–H groups in total. The Balaban J connectivity index is 2.34. The van der Waals surface area contributed by atoms with E-state index in [0.29, 0.717) is 16.5 Å². The molecule has 1 aromatic carbocycles. The van der Waals surface area contributed by atoms with Crippen molar-refractivity contribution in [2.75, 3.05) is 14.2 Å². The third kappa shape index (κ3) is 4.58. The van der Waals surface area contributed by atoms with Crippen molar-refractivity contribution < 1.29 is 18.5 Å². The lowest BCUT2D eigenvalue weighted by Gasteiger charge is -2.12. The lowest BCUT2D eigenvalue weighted by Crippen LogP contribution is -2.33. The molecule has 0 aliphatic carbocycles. The standard InChI is InChI=1S/C13H14N4O4S2/c1-14-23(19)17-12(18)10(7-20-2)9-5-3-4-6-11(9)21-13-15-8-16-22-13/h3-8,14H,1-2H3,(H,17,18)/b10-7+. The number of aromatic nitrogens is 2. The molecule has 1 unspecified atom stereocenters. The molecule has 0 radical (unpaired) electrons. The third-order valence-electron chi connectivity index (χ3n) is 2.57. The van der Waals surface area contributed by atoms with Crippen molar-refractivity contribution in [3.8, 4) is 10.9 Å². The number of para-hydroxylation sites is 1. The highest BCUT2D eigenvalue weighted by Crippen LogP contribution is 2.30. The molecule has 0 aliphatic heterocycles. The predicted molar refractivity (Wildman–Crippen MR) is 86.8 cm³/mol. The van der Waals surface area contributed by atoms with Crippen LogP contribution >= 0.6 is 11.5 Å². The highest BCUT2D eigenvalue weighted by atomic mass is 32.2. The van der Waals surface area contributed by atoms with Crippen molar-refractivity contribution in [1.29, 1.82) is 0 Å². The van der Waals surface area contributed by atoms with Gasteiger partial charge in [-0.25, -0.2) is 8.93 Å². The van der Waals surface area contributed by atoms with E-state index in [-0.39, 0.29) is 5.57 Å². The van der Waals surface area contributed by atoms with Gasteiger partial charge >= 0.3 is 0 Å². The van der Waals surface area contributed by atoms with Gasteiger partial charge in [-0.15, -0.1) is 0 Å². The van der Waals surface area contributed by atoms with Crippen molar-refractivity contribution in [3.05, 3.63) is 42.4 Å². The molecule has 1 atom stereocenters. The largest absolute Gasteiger partial charge is 0.504 e. The molecule has 1 amide bonds. The zero-order valence-electron chi connectivity index (χ0n) is 12.3. The van der Waals surface area contributed by atoms with Crippen LogP contribution in [0.15, 0.2) is 36.9 Å². The highest BCUT2D eigenvalue weighted by Gasteiger charge is 2.19. The van der Waals surface area contributed by atoms with E-state index in [1.54, 1.807) is 24.3 Å². The van der Waals surface area contributed by atoms with Gasteiger partial charge in [-0.2, -0.15) is 9.36 Å². The summed E-state index contributed by atoms with van der Waals surface area (Å²) in [6.45, 7) is 0. The van der Waals surface area contributed by atoms with Gasteiger partial charge in [-0.05, 0) is 13.1 Å². The summed E-state index contributed by atoms with van der Waals surface area (Å²) in [4.78, 5) is 16.2. The quantitative estimate of drug-likeness (QED) is 0.573. The number of nitrogens with one attached hydrogen (secondary N) is 2. The zero-order valence-corrected chi connectivity index (χ0v) is 13.9. The van der Waals surface area contributed by atoms with Crippen LogP contribution in [0, 0.1) is 0 Å². The smallest absolute Gasteiger partial charge is 0.298 e. The fraction of sp³-hybridized carbons (Fsp3) is 0.154. The number of carbonyl (C=O) groups is 1. The van der Waals surface area contributed by atoms with E-state index in [2.05, 4.69) is 18.8 Å². The molecule has 0 saturated carbocycles. The maximum Gasteiger partial charge on any atom is 0.298 e. The van der Waals surface area contributed by atoms with Crippen LogP contribution in [0.25, 0.3) is 5.57 Å². The zero-order chi connectivity index (χ0) is 16.7. The van der Waals surface area contributed by atoms with Gasteiger partial charge in [-0.3, -0.25) is 9.52 Å². The molecule has 10 heteroatoms. The molecular weight excluding hydrogens is 340 g/mol.